The zero-order chi connectivity index (χ0) is 38.5. The largest absolute Gasteiger partial charge is 0.481 e. The van der Waals surface area contributed by atoms with Crippen LogP contribution in [-0.2, 0) is 38.4 Å². The van der Waals surface area contributed by atoms with E-state index < -0.39 is 117 Å². The molecule has 2 heterocycles. The standard InChI is InChI=1S/C30H47N5O16/c36-21(37)8-20(9-22(38)39)29(16-31(10-23(40)41)4-5-32(17-29)11-24(42)43)2-1-3-30(35(14-27(48)49)15-28(50)51)18-33(12-25(44)45)6-7-34(19-30)13-26(46)47/h20H,1-19H2,(H,36,37)(H,38,39)(H,40,41)(H,42,43)(H,44,45)(H,46,47)(H,48,49)(H,50,51). The van der Waals surface area contributed by atoms with E-state index in [9.17, 15) is 79.2 Å². The summed E-state index contributed by atoms with van der Waals surface area (Å²) in [4.78, 5) is 102. The van der Waals surface area contributed by atoms with Gasteiger partial charge in [0.1, 0.15) is 0 Å². The van der Waals surface area contributed by atoms with Crippen molar-refractivity contribution in [2.24, 2.45) is 11.3 Å². The third-order valence-electron chi connectivity index (χ3n) is 9.36. The first-order chi connectivity index (χ1) is 23.7. The summed E-state index contributed by atoms with van der Waals surface area (Å²) in [6.45, 7) is -4.39. The maximum absolute atomic E-state index is 12.1. The number of carboxylic acids is 8. The fourth-order valence-corrected chi connectivity index (χ4v) is 7.56. The number of hydrogen-bond acceptors (Lipinski definition) is 13. The van der Waals surface area contributed by atoms with Gasteiger partial charge in [0.05, 0.1) is 39.3 Å². The number of hydrogen-bond donors (Lipinski definition) is 8. The van der Waals surface area contributed by atoms with E-state index in [2.05, 4.69) is 0 Å². The molecule has 288 valence electrons. The Kier molecular flexibility index (Phi) is 16.1. The summed E-state index contributed by atoms with van der Waals surface area (Å²) in [5.74, 6) is -11.7. The van der Waals surface area contributed by atoms with Gasteiger partial charge in [0, 0.05) is 70.7 Å². The molecule has 0 unspecified atom stereocenters. The van der Waals surface area contributed by atoms with Crippen molar-refractivity contribution in [3.63, 3.8) is 0 Å². The van der Waals surface area contributed by atoms with Gasteiger partial charge < -0.3 is 40.9 Å². The van der Waals surface area contributed by atoms with Crippen LogP contribution in [0.2, 0.25) is 0 Å². The van der Waals surface area contributed by atoms with Crippen LogP contribution in [-0.4, -0.2) is 210 Å². The molecular formula is C30H47N5O16. The van der Waals surface area contributed by atoms with E-state index >= 15 is 0 Å². The lowest BCUT2D eigenvalue weighted by Crippen LogP contribution is -2.62. The number of carboxylic acid groups (broad SMARTS) is 8. The van der Waals surface area contributed by atoms with Crippen molar-refractivity contribution >= 4 is 47.8 Å². The molecule has 21 heteroatoms. The fraction of sp³-hybridized carbons (Fsp3) is 0.733. The normalized spacial score (nSPS) is 18.9. The van der Waals surface area contributed by atoms with Crippen LogP contribution in [0.1, 0.15) is 32.1 Å². The summed E-state index contributed by atoms with van der Waals surface area (Å²) >= 11 is 0. The van der Waals surface area contributed by atoms with Gasteiger partial charge in [-0.2, -0.15) is 0 Å². The van der Waals surface area contributed by atoms with Crippen LogP contribution in [0.4, 0.5) is 0 Å². The molecule has 0 aromatic heterocycles. The quantitative estimate of drug-likeness (QED) is 0.0570. The number of nitrogens with zero attached hydrogens (tertiary/aromatic N) is 5. The molecule has 2 fully saturated rings. The van der Waals surface area contributed by atoms with E-state index in [0.29, 0.717) is 0 Å². The minimum Gasteiger partial charge on any atom is -0.481 e. The lowest BCUT2D eigenvalue weighted by molar-refractivity contribution is -0.148. The molecule has 0 aromatic rings. The second kappa shape index (κ2) is 19.2. The van der Waals surface area contributed by atoms with Gasteiger partial charge >= 0.3 is 47.8 Å². The predicted octanol–water partition coefficient (Wildman–Crippen LogP) is -2.51. The molecule has 2 rings (SSSR count). The molecule has 8 N–H and O–H groups in total. The molecule has 2 aliphatic rings. The van der Waals surface area contributed by atoms with Crippen molar-refractivity contribution in [1.29, 1.82) is 0 Å². The molecule has 0 aromatic carbocycles. The Labute approximate surface area is 292 Å². The lowest BCUT2D eigenvalue weighted by atomic mass is 9.67. The number of rotatable bonds is 22. The van der Waals surface area contributed by atoms with E-state index in [4.69, 9.17) is 0 Å². The van der Waals surface area contributed by atoms with Gasteiger partial charge in [-0.15, -0.1) is 0 Å². The SMILES string of the molecule is O=C(O)CC(CC(=O)O)C1(CCCC2(N(CC(=O)O)CC(=O)O)CN(CC(=O)O)CCN(CC(=O)O)C2)CN(CC(=O)O)CCN(CC(=O)O)C1. The molecule has 0 radical (unpaired) electrons. The highest BCUT2D eigenvalue weighted by molar-refractivity contribution is 5.73. The first-order valence-corrected chi connectivity index (χ1v) is 16.1. The summed E-state index contributed by atoms with van der Waals surface area (Å²) in [6, 6.07) is 0. The summed E-state index contributed by atoms with van der Waals surface area (Å²) in [5.41, 5.74) is -2.91. The molecule has 0 aliphatic carbocycles. The van der Waals surface area contributed by atoms with Gasteiger partial charge in [-0.1, -0.05) is 6.42 Å². The van der Waals surface area contributed by atoms with E-state index in [1.807, 2.05) is 0 Å². The second-order valence-corrected chi connectivity index (χ2v) is 13.4. The third kappa shape index (κ3) is 14.4. The highest BCUT2D eigenvalue weighted by atomic mass is 16.4. The van der Waals surface area contributed by atoms with E-state index in [-0.39, 0.29) is 71.6 Å². The lowest BCUT2D eigenvalue weighted by Gasteiger charge is -2.47. The Morgan fingerprint density at radius 1 is 0.471 bits per heavy atom. The minimum atomic E-state index is -1.53. The molecule has 0 amide bonds. The molecule has 2 aliphatic heterocycles. The van der Waals surface area contributed by atoms with Crippen LogP contribution < -0.4 is 0 Å². The molecule has 0 bridgehead atoms. The van der Waals surface area contributed by atoms with Crippen LogP contribution in [0.5, 0.6) is 0 Å². The van der Waals surface area contributed by atoms with Gasteiger partial charge in [0.2, 0.25) is 0 Å². The van der Waals surface area contributed by atoms with E-state index in [1.165, 1.54) is 19.6 Å². The highest BCUT2D eigenvalue weighted by Gasteiger charge is 2.48. The van der Waals surface area contributed by atoms with Crippen molar-refractivity contribution in [3.05, 3.63) is 0 Å². The smallest absolute Gasteiger partial charge is 0.317 e. The van der Waals surface area contributed by atoms with Gasteiger partial charge in [-0.25, -0.2) is 0 Å². The third-order valence-corrected chi connectivity index (χ3v) is 9.36. The zero-order valence-electron chi connectivity index (χ0n) is 28.1. The monoisotopic (exact) mass is 733 g/mol. The van der Waals surface area contributed by atoms with Crippen molar-refractivity contribution in [2.45, 2.75) is 37.6 Å². The van der Waals surface area contributed by atoms with Crippen molar-refractivity contribution in [1.82, 2.24) is 24.5 Å². The zero-order valence-corrected chi connectivity index (χ0v) is 28.1. The first kappa shape index (κ1) is 42.7. The Morgan fingerprint density at radius 2 is 0.804 bits per heavy atom. The average Bonchev–Trinajstić information content (AvgIpc) is 3.22. The minimum absolute atomic E-state index is 0.0187. The molecule has 2 saturated heterocycles. The number of carbonyl (C=O) groups is 8. The molecule has 21 nitrogen and oxygen atoms in total. The van der Waals surface area contributed by atoms with Crippen molar-refractivity contribution in [3.8, 4) is 0 Å². The maximum atomic E-state index is 12.1. The van der Waals surface area contributed by atoms with Crippen LogP contribution in [0.3, 0.4) is 0 Å². The van der Waals surface area contributed by atoms with Crippen LogP contribution >= 0.6 is 0 Å². The summed E-state index contributed by atoms with van der Waals surface area (Å²) in [7, 11) is 0. The fourth-order valence-electron chi connectivity index (χ4n) is 7.56. The Balaban J connectivity index is 2.75. The summed E-state index contributed by atoms with van der Waals surface area (Å²) in [6.07, 6.45) is -1.57. The van der Waals surface area contributed by atoms with Crippen LogP contribution in [0, 0.1) is 11.3 Å². The highest BCUT2D eigenvalue weighted by Crippen LogP contribution is 2.42. The first-order valence-electron chi connectivity index (χ1n) is 16.1. The van der Waals surface area contributed by atoms with Gasteiger partial charge in [-0.05, 0) is 24.2 Å². The Morgan fingerprint density at radius 3 is 1.10 bits per heavy atom. The average molecular weight is 734 g/mol. The van der Waals surface area contributed by atoms with E-state index in [1.54, 1.807) is 0 Å². The summed E-state index contributed by atoms with van der Waals surface area (Å²) < 4.78 is 0. The van der Waals surface area contributed by atoms with E-state index in [0.717, 1.165) is 4.90 Å². The number of aliphatic carboxylic acids is 8. The van der Waals surface area contributed by atoms with Gasteiger partial charge in [0.25, 0.3) is 0 Å². The molecular weight excluding hydrogens is 686 g/mol. The van der Waals surface area contributed by atoms with Gasteiger partial charge in [-0.3, -0.25) is 62.9 Å². The van der Waals surface area contributed by atoms with Crippen LogP contribution in [0.25, 0.3) is 0 Å². The predicted molar refractivity (Wildman–Crippen MR) is 170 cm³/mol. The Hall–Kier alpha value is -4.44. The molecule has 0 atom stereocenters. The van der Waals surface area contributed by atoms with Gasteiger partial charge in [0.15, 0.2) is 0 Å². The van der Waals surface area contributed by atoms with Crippen molar-refractivity contribution < 1.29 is 79.2 Å². The molecule has 51 heavy (non-hydrogen) atoms. The molecule has 0 spiro atoms. The van der Waals surface area contributed by atoms with Crippen LogP contribution in [0.15, 0.2) is 0 Å². The Bertz CT molecular complexity index is 1130. The topological polar surface area (TPSA) is 315 Å². The maximum Gasteiger partial charge on any atom is 0.317 e. The summed E-state index contributed by atoms with van der Waals surface area (Å²) in [5, 5.41) is 77.8. The molecule has 0 saturated carbocycles. The second-order valence-electron chi connectivity index (χ2n) is 13.4. The van der Waals surface area contributed by atoms with Crippen molar-refractivity contribution in [2.75, 3.05) is 91.6 Å².